The summed E-state index contributed by atoms with van der Waals surface area (Å²) in [7, 11) is 0. The van der Waals surface area contributed by atoms with E-state index in [-0.39, 0.29) is 16.9 Å². The van der Waals surface area contributed by atoms with Crippen LogP contribution in [0.1, 0.15) is 48.9 Å². The fourth-order valence-corrected chi connectivity index (χ4v) is 5.36. The van der Waals surface area contributed by atoms with Gasteiger partial charge in [-0.25, -0.2) is 4.39 Å². The molecular weight excluding hydrogens is 253 g/mol. The molecule has 4 saturated carbocycles. The maximum Gasteiger partial charge on any atom is 0.169 e. The van der Waals surface area contributed by atoms with Gasteiger partial charge in [0.05, 0.1) is 5.69 Å². The molecule has 4 fully saturated rings. The number of Topliss-reactive ketones (excluding diaryl/α,β-unsaturated/α-hetero) is 1. The van der Waals surface area contributed by atoms with Gasteiger partial charge < -0.3 is 5.73 Å². The highest BCUT2D eigenvalue weighted by atomic mass is 19.1. The molecule has 4 aliphatic rings. The summed E-state index contributed by atoms with van der Waals surface area (Å²) in [5.74, 6) is 1.87. The Kier molecular flexibility index (Phi) is 2.51. The van der Waals surface area contributed by atoms with E-state index in [9.17, 15) is 9.18 Å². The van der Waals surface area contributed by atoms with Crippen LogP contribution in [0, 0.1) is 29.0 Å². The number of hydrogen-bond donors (Lipinski definition) is 1. The summed E-state index contributed by atoms with van der Waals surface area (Å²) in [6, 6.07) is 4.54. The van der Waals surface area contributed by atoms with Crippen molar-refractivity contribution in [3.8, 4) is 0 Å². The molecule has 2 nitrogen and oxygen atoms in total. The van der Waals surface area contributed by atoms with Gasteiger partial charge in [0.25, 0.3) is 0 Å². The Balaban J connectivity index is 1.69. The highest BCUT2D eigenvalue weighted by Crippen LogP contribution is 2.60. The molecule has 0 unspecified atom stereocenters. The lowest BCUT2D eigenvalue weighted by atomic mass is 9.48. The fourth-order valence-electron chi connectivity index (χ4n) is 5.36. The van der Waals surface area contributed by atoms with E-state index in [2.05, 4.69) is 0 Å². The van der Waals surface area contributed by atoms with Gasteiger partial charge in [-0.1, -0.05) is 0 Å². The first-order chi connectivity index (χ1) is 9.56. The average molecular weight is 273 g/mol. The van der Waals surface area contributed by atoms with Crippen molar-refractivity contribution in [1.29, 1.82) is 0 Å². The molecule has 1 aromatic rings. The number of hydrogen-bond acceptors (Lipinski definition) is 2. The second-order valence-electron chi connectivity index (χ2n) is 7.26. The van der Waals surface area contributed by atoms with E-state index in [0.29, 0.717) is 5.56 Å². The molecule has 4 aliphatic carbocycles. The van der Waals surface area contributed by atoms with Crippen molar-refractivity contribution in [3.05, 3.63) is 29.6 Å². The second kappa shape index (κ2) is 4.06. The van der Waals surface area contributed by atoms with E-state index in [1.807, 2.05) is 0 Å². The lowest BCUT2D eigenvalue weighted by molar-refractivity contribution is -0.0353. The van der Waals surface area contributed by atoms with E-state index in [1.165, 1.54) is 31.4 Å². The lowest BCUT2D eigenvalue weighted by Crippen LogP contribution is -2.50. The quantitative estimate of drug-likeness (QED) is 0.657. The maximum absolute atomic E-state index is 13.6. The minimum atomic E-state index is -0.472. The Morgan fingerprint density at radius 2 is 1.65 bits per heavy atom. The number of nitrogen functional groups attached to an aromatic ring is 1. The van der Waals surface area contributed by atoms with Gasteiger partial charge in [0.2, 0.25) is 0 Å². The molecule has 0 aromatic heterocycles. The van der Waals surface area contributed by atoms with Crippen LogP contribution in [0.3, 0.4) is 0 Å². The number of carbonyl (C=O) groups is 1. The summed E-state index contributed by atoms with van der Waals surface area (Å²) in [5.41, 5.74) is 5.94. The molecule has 0 saturated heterocycles. The summed E-state index contributed by atoms with van der Waals surface area (Å²) in [5, 5.41) is 0. The Labute approximate surface area is 118 Å². The van der Waals surface area contributed by atoms with E-state index < -0.39 is 5.82 Å². The zero-order valence-electron chi connectivity index (χ0n) is 11.6. The number of rotatable bonds is 2. The summed E-state index contributed by atoms with van der Waals surface area (Å²) >= 11 is 0. The number of halogens is 1. The Morgan fingerprint density at radius 1 is 1.10 bits per heavy atom. The third kappa shape index (κ3) is 1.72. The summed E-state index contributed by atoms with van der Waals surface area (Å²) < 4.78 is 13.6. The normalized spacial score (nSPS) is 38.1. The first-order valence-electron chi connectivity index (χ1n) is 7.65. The molecule has 4 bridgehead atoms. The predicted octanol–water partition coefficient (Wildman–Crippen LogP) is 3.81. The van der Waals surface area contributed by atoms with Gasteiger partial charge in [0, 0.05) is 11.0 Å². The van der Waals surface area contributed by atoms with Gasteiger partial charge in [0.1, 0.15) is 5.82 Å². The lowest BCUT2D eigenvalue weighted by Gasteiger charge is -2.56. The van der Waals surface area contributed by atoms with Crippen molar-refractivity contribution in [2.45, 2.75) is 38.5 Å². The molecule has 0 amide bonds. The van der Waals surface area contributed by atoms with Crippen LogP contribution in [0.5, 0.6) is 0 Å². The smallest absolute Gasteiger partial charge is 0.169 e. The molecule has 0 heterocycles. The number of ketones is 1. The van der Waals surface area contributed by atoms with Crippen LogP contribution < -0.4 is 5.73 Å². The van der Waals surface area contributed by atoms with E-state index in [0.717, 1.165) is 37.0 Å². The number of anilines is 1. The predicted molar refractivity (Wildman–Crippen MR) is 75.7 cm³/mol. The highest BCUT2D eigenvalue weighted by molar-refractivity contribution is 6.01. The minimum absolute atomic E-state index is 0.118. The maximum atomic E-state index is 13.6. The molecule has 20 heavy (non-hydrogen) atoms. The summed E-state index contributed by atoms with van der Waals surface area (Å²) in [6.45, 7) is 0. The number of carbonyl (C=O) groups excluding carboxylic acids is 1. The van der Waals surface area contributed by atoms with Crippen molar-refractivity contribution >= 4 is 11.5 Å². The van der Waals surface area contributed by atoms with E-state index >= 15 is 0 Å². The standard InChI is InChI=1S/C17H20FNO/c18-14-6-13(1-2-15(14)19)16(20)17-7-10-3-11(8-17)5-12(4-10)9-17/h1-2,6,10-12H,3-5,7-9,19H2. The monoisotopic (exact) mass is 273 g/mol. The van der Waals surface area contributed by atoms with Gasteiger partial charge in [0.15, 0.2) is 5.78 Å². The molecule has 0 radical (unpaired) electrons. The zero-order chi connectivity index (χ0) is 13.9. The average Bonchev–Trinajstić information content (AvgIpc) is 2.39. The Morgan fingerprint density at radius 3 is 2.15 bits per heavy atom. The summed E-state index contributed by atoms with van der Waals surface area (Å²) in [6.07, 6.45) is 6.98. The van der Waals surface area contributed by atoms with E-state index in [1.54, 1.807) is 6.07 Å². The fraction of sp³-hybridized carbons (Fsp3) is 0.588. The van der Waals surface area contributed by atoms with Crippen molar-refractivity contribution in [1.82, 2.24) is 0 Å². The number of benzene rings is 1. The van der Waals surface area contributed by atoms with Crippen molar-refractivity contribution in [3.63, 3.8) is 0 Å². The van der Waals surface area contributed by atoms with Crippen molar-refractivity contribution < 1.29 is 9.18 Å². The van der Waals surface area contributed by atoms with Gasteiger partial charge >= 0.3 is 0 Å². The van der Waals surface area contributed by atoms with Crippen molar-refractivity contribution in [2.24, 2.45) is 23.2 Å². The Hall–Kier alpha value is -1.38. The van der Waals surface area contributed by atoms with Crippen LogP contribution in [-0.4, -0.2) is 5.78 Å². The molecule has 0 aliphatic heterocycles. The first-order valence-corrected chi connectivity index (χ1v) is 7.65. The molecule has 1 aromatic carbocycles. The third-order valence-corrected chi connectivity index (χ3v) is 5.78. The van der Waals surface area contributed by atoms with Crippen LogP contribution >= 0.6 is 0 Å². The van der Waals surface area contributed by atoms with Crippen LogP contribution in [0.15, 0.2) is 18.2 Å². The molecule has 2 N–H and O–H groups in total. The molecule has 106 valence electrons. The first kappa shape index (κ1) is 12.4. The molecular formula is C17H20FNO. The third-order valence-electron chi connectivity index (χ3n) is 5.78. The second-order valence-corrected chi connectivity index (χ2v) is 7.26. The van der Waals surface area contributed by atoms with Gasteiger partial charge in [-0.2, -0.15) is 0 Å². The SMILES string of the molecule is Nc1ccc(C(=O)C23CC4CC(CC(C4)C2)C3)cc1F. The molecule has 3 heteroatoms. The number of nitrogens with two attached hydrogens (primary N) is 1. The largest absolute Gasteiger partial charge is 0.396 e. The zero-order valence-corrected chi connectivity index (χ0v) is 11.6. The molecule has 0 atom stereocenters. The molecule has 5 rings (SSSR count). The van der Waals surface area contributed by atoms with Gasteiger partial charge in [-0.15, -0.1) is 0 Å². The molecule has 0 spiro atoms. The van der Waals surface area contributed by atoms with Gasteiger partial charge in [-0.3, -0.25) is 4.79 Å². The highest BCUT2D eigenvalue weighted by Gasteiger charge is 2.54. The van der Waals surface area contributed by atoms with Crippen molar-refractivity contribution in [2.75, 3.05) is 5.73 Å². The van der Waals surface area contributed by atoms with Crippen LogP contribution in [-0.2, 0) is 0 Å². The van der Waals surface area contributed by atoms with E-state index in [4.69, 9.17) is 5.73 Å². The topological polar surface area (TPSA) is 43.1 Å². The van der Waals surface area contributed by atoms with Gasteiger partial charge in [-0.05, 0) is 74.5 Å². The van der Waals surface area contributed by atoms with Crippen LogP contribution in [0.2, 0.25) is 0 Å². The van der Waals surface area contributed by atoms with Crippen LogP contribution in [0.4, 0.5) is 10.1 Å². The Bertz CT molecular complexity index is 545. The summed E-state index contributed by atoms with van der Waals surface area (Å²) in [4.78, 5) is 13.0. The van der Waals surface area contributed by atoms with Crippen LogP contribution in [0.25, 0.3) is 0 Å². The minimum Gasteiger partial charge on any atom is -0.396 e.